The molecule has 0 saturated heterocycles. The van der Waals surface area contributed by atoms with Crippen molar-refractivity contribution in [2.24, 2.45) is 13.0 Å². The van der Waals surface area contributed by atoms with E-state index in [1.54, 1.807) is 36.1 Å². The molecule has 1 heterocycles. The number of benzene rings is 1. The Labute approximate surface area is 203 Å². The van der Waals surface area contributed by atoms with Gasteiger partial charge in [-0.2, -0.15) is 0 Å². The van der Waals surface area contributed by atoms with Crippen molar-refractivity contribution in [1.82, 2.24) is 24.7 Å². The fourth-order valence-electron chi connectivity index (χ4n) is 4.16. The van der Waals surface area contributed by atoms with Crippen molar-refractivity contribution < 1.29 is 22.4 Å². The summed E-state index contributed by atoms with van der Waals surface area (Å²) in [5.74, 6) is -2.14. The summed E-state index contributed by atoms with van der Waals surface area (Å²) in [5.41, 5.74) is 2.58. The molecule has 0 aliphatic heterocycles. The highest BCUT2D eigenvalue weighted by molar-refractivity contribution is 7.89. The van der Waals surface area contributed by atoms with Gasteiger partial charge in [0.05, 0.1) is 28.4 Å². The quantitative estimate of drug-likeness (QED) is 0.527. The van der Waals surface area contributed by atoms with Crippen LogP contribution in [0.3, 0.4) is 0 Å². The Morgan fingerprint density at radius 3 is 2.53 bits per heavy atom. The number of halogens is 2. The molecule has 1 fully saturated rings. The van der Waals surface area contributed by atoms with Gasteiger partial charge in [-0.05, 0) is 43.7 Å². The first-order valence-electron chi connectivity index (χ1n) is 11.0. The summed E-state index contributed by atoms with van der Waals surface area (Å²) in [6.07, 6.45) is 6.41. The highest BCUT2D eigenvalue weighted by Gasteiger charge is 2.29. The minimum Gasteiger partial charge on any atom is -0.343 e. The van der Waals surface area contributed by atoms with Crippen LogP contribution >= 0.6 is 11.6 Å². The number of carbonyl (C=O) groups excluding carboxylic acids is 2. The molecule has 0 atom stereocenters. The Hall–Kier alpha value is -2.50. The van der Waals surface area contributed by atoms with E-state index in [1.807, 2.05) is 6.92 Å². The van der Waals surface area contributed by atoms with Gasteiger partial charge in [-0.25, -0.2) is 17.8 Å². The number of imidazole rings is 1. The van der Waals surface area contributed by atoms with Crippen LogP contribution in [0.5, 0.6) is 0 Å². The molecule has 1 aromatic heterocycles. The van der Waals surface area contributed by atoms with E-state index in [-0.39, 0.29) is 28.6 Å². The first-order chi connectivity index (χ1) is 16.0. The third-order valence-corrected chi connectivity index (χ3v) is 7.71. The molecular weight excluding hydrogens is 485 g/mol. The number of carbonyl (C=O) groups is 2. The van der Waals surface area contributed by atoms with Crippen molar-refractivity contribution in [1.29, 1.82) is 0 Å². The molecule has 12 heteroatoms. The molecule has 1 aliphatic rings. The highest BCUT2D eigenvalue weighted by Crippen LogP contribution is 2.29. The van der Waals surface area contributed by atoms with Gasteiger partial charge in [-0.1, -0.05) is 18.5 Å². The molecule has 0 unspecified atom stereocenters. The number of aryl methyl sites for hydroxylation is 1. The van der Waals surface area contributed by atoms with Crippen LogP contribution in [-0.2, 0) is 21.9 Å². The van der Waals surface area contributed by atoms with Crippen LogP contribution < -0.4 is 10.3 Å². The molecule has 3 rings (SSSR count). The molecule has 2 N–H and O–H groups in total. The molecule has 0 radical (unpaired) electrons. The second-order valence-electron chi connectivity index (χ2n) is 8.61. The molecule has 0 bridgehead atoms. The minimum absolute atomic E-state index is 0.0694. The number of hydrazine groups is 1. The van der Waals surface area contributed by atoms with Gasteiger partial charge in [0.2, 0.25) is 15.9 Å². The van der Waals surface area contributed by atoms with Crippen LogP contribution in [-0.4, -0.2) is 53.5 Å². The molecule has 0 spiro atoms. The lowest BCUT2D eigenvalue weighted by Crippen LogP contribution is -2.45. The maximum atomic E-state index is 14.5. The Balaban J connectivity index is 1.59. The van der Waals surface area contributed by atoms with E-state index in [1.165, 1.54) is 12.1 Å². The zero-order valence-electron chi connectivity index (χ0n) is 19.3. The predicted molar refractivity (Wildman–Crippen MR) is 127 cm³/mol. The number of nitrogens with one attached hydrogen (secondary N) is 2. The number of hydrogen-bond acceptors (Lipinski definition) is 5. The smallest absolute Gasteiger partial charge is 0.269 e. The lowest BCUT2D eigenvalue weighted by Gasteiger charge is -2.34. The third kappa shape index (κ3) is 6.34. The highest BCUT2D eigenvalue weighted by atomic mass is 35.5. The van der Waals surface area contributed by atoms with Gasteiger partial charge in [0, 0.05) is 38.3 Å². The minimum atomic E-state index is -3.86. The largest absolute Gasteiger partial charge is 0.343 e. The van der Waals surface area contributed by atoms with E-state index in [0.717, 1.165) is 12.8 Å². The van der Waals surface area contributed by atoms with Gasteiger partial charge >= 0.3 is 0 Å². The number of amides is 2. The number of nitrogens with zero attached hydrogens (tertiary/aromatic N) is 3. The normalized spacial score (nSPS) is 18.5. The molecule has 34 heavy (non-hydrogen) atoms. The summed E-state index contributed by atoms with van der Waals surface area (Å²) < 4.78 is 41.2. The monoisotopic (exact) mass is 513 g/mol. The van der Waals surface area contributed by atoms with Gasteiger partial charge in [0.25, 0.3) is 5.91 Å². The van der Waals surface area contributed by atoms with Crippen LogP contribution in [0, 0.1) is 11.7 Å². The number of sulfonamides is 1. The van der Waals surface area contributed by atoms with Crippen molar-refractivity contribution in [3.63, 3.8) is 0 Å². The average Bonchev–Trinajstić information content (AvgIpc) is 3.24. The van der Waals surface area contributed by atoms with E-state index in [2.05, 4.69) is 15.2 Å². The number of aromatic nitrogens is 2. The maximum Gasteiger partial charge on any atom is 0.269 e. The maximum absolute atomic E-state index is 14.5. The molecule has 1 saturated carbocycles. The van der Waals surface area contributed by atoms with Crippen molar-refractivity contribution >= 4 is 33.4 Å². The standard InChI is InChI=1S/C22H29ClFN5O4S/c1-4-20(30)29(3)16-7-5-14(6-8-16)12-34(32,33)27-26-22(31)17-9-15(10-18(23)21(17)24)19-11-28(2)13-25-19/h9-11,13-14,16,27H,4-8,12H2,1-3H3,(H,26,31). The lowest BCUT2D eigenvalue weighted by molar-refractivity contribution is -0.132. The van der Waals surface area contributed by atoms with E-state index in [4.69, 9.17) is 11.6 Å². The van der Waals surface area contributed by atoms with E-state index < -0.39 is 27.3 Å². The van der Waals surface area contributed by atoms with Crippen LogP contribution in [0.15, 0.2) is 24.7 Å². The summed E-state index contributed by atoms with van der Waals surface area (Å²) in [5, 5.41) is -0.278. The second kappa shape index (κ2) is 10.8. The van der Waals surface area contributed by atoms with Crippen molar-refractivity contribution in [3.8, 4) is 11.3 Å². The summed E-state index contributed by atoms with van der Waals surface area (Å²) in [7, 11) is -0.318. The average molecular weight is 514 g/mol. The van der Waals surface area contributed by atoms with E-state index in [9.17, 15) is 22.4 Å². The topological polar surface area (TPSA) is 113 Å². The van der Waals surface area contributed by atoms with Gasteiger partial charge in [-0.15, -0.1) is 4.83 Å². The lowest BCUT2D eigenvalue weighted by atomic mass is 9.86. The van der Waals surface area contributed by atoms with Gasteiger partial charge in [-0.3, -0.25) is 15.0 Å². The molecular formula is C22H29ClFN5O4S. The van der Waals surface area contributed by atoms with Gasteiger partial charge in [0.15, 0.2) is 5.82 Å². The number of hydrogen-bond donors (Lipinski definition) is 2. The second-order valence-corrected chi connectivity index (χ2v) is 10.8. The van der Waals surface area contributed by atoms with Crippen LogP contribution in [0.1, 0.15) is 49.4 Å². The van der Waals surface area contributed by atoms with Crippen LogP contribution in [0.4, 0.5) is 4.39 Å². The fourth-order valence-corrected chi connectivity index (χ4v) is 5.66. The van der Waals surface area contributed by atoms with E-state index >= 15 is 0 Å². The molecule has 1 aromatic carbocycles. The zero-order chi connectivity index (χ0) is 25.0. The molecule has 186 valence electrons. The third-order valence-electron chi connectivity index (χ3n) is 6.11. The van der Waals surface area contributed by atoms with E-state index in [0.29, 0.717) is 30.5 Å². The molecule has 2 aromatic rings. The summed E-state index contributed by atoms with van der Waals surface area (Å²) >= 11 is 5.95. The fraction of sp³-hybridized carbons (Fsp3) is 0.500. The summed E-state index contributed by atoms with van der Waals surface area (Å²) in [4.78, 5) is 32.4. The summed E-state index contributed by atoms with van der Waals surface area (Å²) in [6, 6.07) is 2.73. The Bertz CT molecular complexity index is 1160. The van der Waals surface area contributed by atoms with Gasteiger partial charge < -0.3 is 9.47 Å². The summed E-state index contributed by atoms with van der Waals surface area (Å²) in [6.45, 7) is 1.81. The Kier molecular flexibility index (Phi) is 8.32. The number of rotatable bonds is 8. The Morgan fingerprint density at radius 2 is 1.94 bits per heavy atom. The zero-order valence-corrected chi connectivity index (χ0v) is 20.9. The SMILES string of the molecule is CCC(=O)N(C)C1CCC(CS(=O)(=O)NNC(=O)c2cc(-c3cn(C)cn3)cc(Cl)c2F)CC1. The first kappa shape index (κ1) is 26.1. The van der Waals surface area contributed by atoms with Gasteiger partial charge in [0.1, 0.15) is 0 Å². The molecule has 2 amide bonds. The molecule has 1 aliphatic carbocycles. The van der Waals surface area contributed by atoms with Crippen LogP contribution in [0.2, 0.25) is 5.02 Å². The Morgan fingerprint density at radius 1 is 1.26 bits per heavy atom. The predicted octanol–water partition coefficient (Wildman–Crippen LogP) is 2.87. The van der Waals surface area contributed by atoms with Crippen LogP contribution in [0.25, 0.3) is 11.3 Å². The first-order valence-corrected chi connectivity index (χ1v) is 13.1. The van der Waals surface area contributed by atoms with Crippen molar-refractivity contribution in [3.05, 3.63) is 41.1 Å². The van der Waals surface area contributed by atoms with Crippen molar-refractivity contribution in [2.45, 2.75) is 45.1 Å². The molecule has 9 nitrogen and oxygen atoms in total. The van der Waals surface area contributed by atoms with Crippen molar-refractivity contribution in [2.75, 3.05) is 12.8 Å².